The molecule has 3 nitrogen and oxygen atoms in total. The summed E-state index contributed by atoms with van der Waals surface area (Å²) in [6.07, 6.45) is 4.92. The first kappa shape index (κ1) is 10.6. The van der Waals surface area contributed by atoms with Gasteiger partial charge in [0.15, 0.2) is 0 Å². The van der Waals surface area contributed by atoms with Crippen LogP contribution in [0.5, 0.6) is 5.75 Å². The molecule has 0 bridgehead atoms. The lowest BCUT2D eigenvalue weighted by atomic mass is 10.0. The zero-order valence-corrected chi connectivity index (χ0v) is 10.1. The minimum atomic E-state index is 0.185. The molecule has 1 saturated heterocycles. The number of methoxy groups -OCH3 is 1. The van der Waals surface area contributed by atoms with Crippen LogP contribution >= 0.6 is 0 Å². The van der Waals surface area contributed by atoms with Crippen molar-refractivity contribution in [1.82, 2.24) is 4.90 Å². The van der Waals surface area contributed by atoms with Gasteiger partial charge in [-0.15, -0.1) is 0 Å². The number of nitrogens with zero attached hydrogens (tertiary/aromatic N) is 1. The number of ether oxygens (including phenoxy) is 1. The Balaban J connectivity index is 1.73. The van der Waals surface area contributed by atoms with Gasteiger partial charge < -0.3 is 9.64 Å². The van der Waals surface area contributed by atoms with Crippen molar-refractivity contribution in [3.05, 3.63) is 29.8 Å². The van der Waals surface area contributed by atoms with E-state index >= 15 is 0 Å². The minimum Gasteiger partial charge on any atom is -0.497 e. The summed E-state index contributed by atoms with van der Waals surface area (Å²) in [6, 6.07) is 8.45. The van der Waals surface area contributed by atoms with Crippen LogP contribution in [0.4, 0.5) is 0 Å². The SMILES string of the molecule is COc1ccc(C(=O)N2C3CCCCC32)cc1. The van der Waals surface area contributed by atoms with Gasteiger partial charge in [0.1, 0.15) is 5.75 Å². The van der Waals surface area contributed by atoms with Gasteiger partial charge in [0, 0.05) is 5.56 Å². The van der Waals surface area contributed by atoms with E-state index in [2.05, 4.69) is 4.90 Å². The molecule has 0 N–H and O–H groups in total. The van der Waals surface area contributed by atoms with Crippen LogP contribution in [-0.4, -0.2) is 30.0 Å². The van der Waals surface area contributed by atoms with E-state index in [0.717, 1.165) is 11.3 Å². The van der Waals surface area contributed by atoms with Gasteiger partial charge in [0.05, 0.1) is 19.2 Å². The Morgan fingerprint density at radius 2 is 1.76 bits per heavy atom. The zero-order valence-electron chi connectivity index (χ0n) is 10.1. The number of benzene rings is 1. The first-order valence-electron chi connectivity index (χ1n) is 6.28. The molecular weight excluding hydrogens is 214 g/mol. The molecule has 3 heteroatoms. The predicted octanol–water partition coefficient (Wildman–Crippen LogP) is 2.46. The molecular formula is C14H17NO2. The number of carbonyl (C=O) groups is 1. The highest BCUT2D eigenvalue weighted by atomic mass is 16.5. The summed E-state index contributed by atoms with van der Waals surface area (Å²) in [5.74, 6) is 0.981. The van der Waals surface area contributed by atoms with Gasteiger partial charge in [-0.25, -0.2) is 0 Å². The van der Waals surface area contributed by atoms with Crippen LogP contribution in [0.3, 0.4) is 0 Å². The Bertz CT molecular complexity index is 414. The van der Waals surface area contributed by atoms with Crippen LogP contribution in [0.2, 0.25) is 0 Å². The molecule has 3 rings (SSSR count). The Kier molecular flexibility index (Phi) is 2.54. The third kappa shape index (κ3) is 1.79. The van der Waals surface area contributed by atoms with E-state index < -0.39 is 0 Å². The summed E-state index contributed by atoms with van der Waals surface area (Å²) < 4.78 is 5.09. The molecule has 2 fully saturated rings. The molecule has 90 valence electrons. The summed E-state index contributed by atoms with van der Waals surface area (Å²) in [5, 5.41) is 0. The second-order valence-electron chi connectivity index (χ2n) is 4.86. The Morgan fingerprint density at radius 1 is 1.18 bits per heavy atom. The van der Waals surface area contributed by atoms with E-state index in [0.29, 0.717) is 12.1 Å². The molecule has 17 heavy (non-hydrogen) atoms. The normalized spacial score (nSPS) is 26.3. The summed E-state index contributed by atoms with van der Waals surface area (Å²) in [7, 11) is 1.63. The molecule has 1 aliphatic carbocycles. The lowest BCUT2D eigenvalue weighted by Gasteiger charge is -2.05. The van der Waals surface area contributed by atoms with Crippen molar-refractivity contribution in [3.8, 4) is 5.75 Å². The average Bonchev–Trinajstić information content (AvgIpc) is 3.12. The van der Waals surface area contributed by atoms with E-state index in [-0.39, 0.29) is 5.91 Å². The minimum absolute atomic E-state index is 0.185. The Hall–Kier alpha value is -1.51. The van der Waals surface area contributed by atoms with Crippen LogP contribution in [-0.2, 0) is 0 Å². The quantitative estimate of drug-likeness (QED) is 0.732. The molecule has 0 aromatic heterocycles. The van der Waals surface area contributed by atoms with Gasteiger partial charge in [-0.3, -0.25) is 4.79 Å². The standard InChI is InChI=1S/C14H17NO2/c1-17-11-8-6-10(7-9-11)14(16)15-12-4-2-3-5-13(12)15/h6-9,12-13H,2-5H2,1H3. The molecule has 1 aromatic carbocycles. The van der Waals surface area contributed by atoms with Crippen LogP contribution in [0.15, 0.2) is 24.3 Å². The number of hydrogen-bond acceptors (Lipinski definition) is 2. The monoisotopic (exact) mass is 231 g/mol. The fraction of sp³-hybridized carbons (Fsp3) is 0.500. The molecule has 1 aliphatic heterocycles. The molecule has 2 aliphatic rings. The number of carbonyl (C=O) groups excluding carboxylic acids is 1. The molecule has 1 heterocycles. The van der Waals surface area contributed by atoms with Crippen molar-refractivity contribution < 1.29 is 9.53 Å². The van der Waals surface area contributed by atoms with Gasteiger partial charge in [0.25, 0.3) is 5.91 Å². The predicted molar refractivity (Wildman–Crippen MR) is 65.2 cm³/mol. The maximum absolute atomic E-state index is 12.3. The summed E-state index contributed by atoms with van der Waals surface area (Å²) in [5.41, 5.74) is 0.778. The van der Waals surface area contributed by atoms with E-state index in [9.17, 15) is 4.79 Å². The van der Waals surface area contributed by atoms with Gasteiger partial charge in [0.2, 0.25) is 0 Å². The van der Waals surface area contributed by atoms with E-state index in [1.165, 1.54) is 25.7 Å². The average molecular weight is 231 g/mol. The number of fused-ring (bicyclic) bond motifs is 1. The molecule has 0 spiro atoms. The van der Waals surface area contributed by atoms with Crippen molar-refractivity contribution in [3.63, 3.8) is 0 Å². The van der Waals surface area contributed by atoms with E-state index in [1.807, 2.05) is 24.3 Å². The van der Waals surface area contributed by atoms with Crippen molar-refractivity contribution in [1.29, 1.82) is 0 Å². The first-order chi connectivity index (χ1) is 8.31. The van der Waals surface area contributed by atoms with Crippen LogP contribution in [0.25, 0.3) is 0 Å². The zero-order chi connectivity index (χ0) is 11.8. The van der Waals surface area contributed by atoms with Gasteiger partial charge in [-0.05, 0) is 37.1 Å². The topological polar surface area (TPSA) is 29.3 Å². The number of amides is 1. The summed E-state index contributed by atoms with van der Waals surface area (Å²) in [6.45, 7) is 0. The molecule has 1 saturated carbocycles. The third-order valence-corrected chi connectivity index (χ3v) is 3.89. The van der Waals surface area contributed by atoms with Crippen molar-refractivity contribution in [2.75, 3.05) is 7.11 Å². The van der Waals surface area contributed by atoms with Crippen molar-refractivity contribution >= 4 is 5.91 Å². The smallest absolute Gasteiger partial charge is 0.254 e. The number of hydrogen-bond donors (Lipinski definition) is 0. The molecule has 0 radical (unpaired) electrons. The second kappa shape index (κ2) is 4.06. The number of rotatable bonds is 2. The van der Waals surface area contributed by atoms with Gasteiger partial charge in [-0.1, -0.05) is 12.8 Å². The summed E-state index contributed by atoms with van der Waals surface area (Å²) >= 11 is 0. The second-order valence-corrected chi connectivity index (χ2v) is 4.86. The highest BCUT2D eigenvalue weighted by molar-refractivity contribution is 5.96. The molecule has 2 unspecified atom stereocenters. The van der Waals surface area contributed by atoms with Crippen LogP contribution < -0.4 is 4.74 Å². The highest BCUT2D eigenvalue weighted by Crippen LogP contribution is 2.41. The van der Waals surface area contributed by atoms with E-state index in [4.69, 9.17) is 4.74 Å². The van der Waals surface area contributed by atoms with Crippen LogP contribution in [0.1, 0.15) is 36.0 Å². The summed E-state index contributed by atoms with van der Waals surface area (Å²) in [4.78, 5) is 14.3. The van der Waals surface area contributed by atoms with Crippen molar-refractivity contribution in [2.24, 2.45) is 0 Å². The van der Waals surface area contributed by atoms with Gasteiger partial charge in [-0.2, -0.15) is 0 Å². The fourth-order valence-corrected chi connectivity index (χ4v) is 2.89. The third-order valence-electron chi connectivity index (χ3n) is 3.89. The maximum atomic E-state index is 12.3. The molecule has 1 aromatic rings. The Labute approximate surface area is 101 Å². The fourth-order valence-electron chi connectivity index (χ4n) is 2.89. The maximum Gasteiger partial charge on any atom is 0.254 e. The lowest BCUT2D eigenvalue weighted by molar-refractivity contribution is 0.0865. The first-order valence-corrected chi connectivity index (χ1v) is 6.28. The van der Waals surface area contributed by atoms with Gasteiger partial charge >= 0.3 is 0 Å². The van der Waals surface area contributed by atoms with Crippen molar-refractivity contribution in [2.45, 2.75) is 37.8 Å². The van der Waals surface area contributed by atoms with E-state index in [1.54, 1.807) is 7.11 Å². The van der Waals surface area contributed by atoms with Crippen LogP contribution in [0, 0.1) is 0 Å². The lowest BCUT2D eigenvalue weighted by Crippen LogP contribution is -2.14. The largest absolute Gasteiger partial charge is 0.497 e. The number of likely N-dealkylation sites (tertiary alicyclic amines) is 1. The molecule has 1 amide bonds. The highest BCUT2D eigenvalue weighted by Gasteiger charge is 2.51. The molecule has 2 atom stereocenters. The Morgan fingerprint density at radius 3 is 2.29 bits per heavy atom.